The molecule has 0 unspecified atom stereocenters. The molecule has 15 heteroatoms. The van der Waals surface area contributed by atoms with Gasteiger partial charge in [-0.25, -0.2) is 9.64 Å². The Kier molecular flexibility index (Phi) is 3.85. The summed E-state index contributed by atoms with van der Waals surface area (Å²) in [6.45, 7) is 0. The van der Waals surface area contributed by atoms with Crippen LogP contribution >= 0.6 is 0 Å². The number of nitrogens with zero attached hydrogens (tertiary/aromatic N) is 1. The van der Waals surface area contributed by atoms with Crippen molar-refractivity contribution in [1.29, 1.82) is 0 Å². The number of ether oxygens (including phenoxy) is 1. The Bertz CT molecular complexity index is 465. The van der Waals surface area contributed by atoms with Gasteiger partial charge in [0.05, 0.1) is 0 Å². The molecule has 0 aromatic rings. The summed E-state index contributed by atoms with van der Waals surface area (Å²) in [5, 5.41) is 0. The van der Waals surface area contributed by atoms with Crippen LogP contribution in [0.15, 0.2) is 11.8 Å². The average molecular weight is 361 g/mol. The first-order valence-corrected chi connectivity index (χ1v) is 4.54. The van der Waals surface area contributed by atoms with Gasteiger partial charge in [0, 0.05) is 0 Å². The van der Waals surface area contributed by atoms with Crippen LogP contribution < -0.4 is 0 Å². The van der Waals surface area contributed by atoms with Gasteiger partial charge >= 0.3 is 30.5 Å². The highest BCUT2D eigenvalue weighted by atomic mass is 19.4. The number of hydrogen-bond donors (Lipinski definition) is 0. The first-order chi connectivity index (χ1) is 9.39. The van der Waals surface area contributed by atoms with Crippen molar-refractivity contribution in [2.45, 2.75) is 30.5 Å². The van der Waals surface area contributed by atoms with Crippen molar-refractivity contribution in [1.82, 2.24) is 4.90 Å². The van der Waals surface area contributed by atoms with E-state index < -0.39 is 47.2 Å². The fourth-order valence-corrected chi connectivity index (χ4v) is 1.18. The van der Waals surface area contributed by atoms with Crippen LogP contribution in [-0.2, 0) is 4.74 Å². The van der Waals surface area contributed by atoms with E-state index in [1.165, 1.54) is 0 Å². The van der Waals surface area contributed by atoms with Crippen molar-refractivity contribution in [2.24, 2.45) is 0 Å². The zero-order valence-electron chi connectivity index (χ0n) is 9.27. The molecular weight excluding hydrogens is 361 g/mol. The summed E-state index contributed by atoms with van der Waals surface area (Å²) in [6.07, 6.45) is -19.7. The van der Waals surface area contributed by atoms with Gasteiger partial charge in [0.15, 0.2) is 0 Å². The second-order valence-corrected chi connectivity index (χ2v) is 3.66. The normalized spacial score (nSPS) is 27.4. The van der Waals surface area contributed by atoms with Gasteiger partial charge in [-0.15, -0.1) is 0 Å². The maximum absolute atomic E-state index is 12.9. The SMILES string of the molecule is FC(=C(F)C(F)(F)F)N1C(F)(F)C(F)(F)OC(F)(F)C1(F)F. The smallest absolute Gasteiger partial charge is 0.242 e. The number of morpholine rings is 1. The molecule has 0 radical (unpaired) electrons. The van der Waals surface area contributed by atoms with Crippen LogP contribution in [0.2, 0.25) is 0 Å². The van der Waals surface area contributed by atoms with E-state index in [-0.39, 0.29) is 0 Å². The van der Waals surface area contributed by atoms with Crippen LogP contribution in [0.25, 0.3) is 0 Å². The zero-order valence-corrected chi connectivity index (χ0v) is 9.27. The molecule has 0 atom stereocenters. The van der Waals surface area contributed by atoms with Crippen molar-refractivity contribution in [3.63, 3.8) is 0 Å². The largest absolute Gasteiger partial charge is 0.447 e. The minimum atomic E-state index is -6.77. The number of rotatable bonds is 1. The van der Waals surface area contributed by atoms with Crippen LogP contribution in [0, 0.1) is 0 Å². The van der Waals surface area contributed by atoms with E-state index in [2.05, 4.69) is 0 Å². The summed E-state index contributed by atoms with van der Waals surface area (Å²) in [5.74, 6) is -8.72. The maximum atomic E-state index is 12.9. The predicted octanol–water partition coefficient (Wildman–Crippen LogP) is 4.36. The minimum Gasteiger partial charge on any atom is -0.242 e. The number of halogens is 13. The van der Waals surface area contributed by atoms with Gasteiger partial charge < -0.3 is 0 Å². The first kappa shape index (κ1) is 18.6. The third kappa shape index (κ3) is 2.44. The highest BCUT2D eigenvalue weighted by molar-refractivity contribution is 5.12. The topological polar surface area (TPSA) is 12.5 Å². The van der Waals surface area contributed by atoms with Crippen LogP contribution in [0.4, 0.5) is 57.1 Å². The van der Waals surface area contributed by atoms with Gasteiger partial charge in [0.2, 0.25) is 5.95 Å². The van der Waals surface area contributed by atoms with Gasteiger partial charge in [-0.3, -0.25) is 0 Å². The Morgan fingerprint density at radius 2 is 1.05 bits per heavy atom. The zero-order chi connectivity index (χ0) is 17.9. The molecule has 0 saturated carbocycles. The third-order valence-corrected chi connectivity index (χ3v) is 2.14. The van der Waals surface area contributed by atoms with Gasteiger partial charge in [0.1, 0.15) is 0 Å². The highest BCUT2D eigenvalue weighted by Gasteiger charge is 2.84. The van der Waals surface area contributed by atoms with Crippen LogP contribution in [0.3, 0.4) is 0 Å². The molecule has 0 aromatic heterocycles. The summed E-state index contributed by atoms with van der Waals surface area (Å²) in [6, 6.07) is -13.5. The summed E-state index contributed by atoms with van der Waals surface area (Å²) >= 11 is 0. The third-order valence-electron chi connectivity index (χ3n) is 2.14. The second-order valence-electron chi connectivity index (χ2n) is 3.66. The highest BCUT2D eigenvalue weighted by Crippen LogP contribution is 2.57. The summed E-state index contributed by atoms with van der Waals surface area (Å²) in [5.41, 5.74) is 0. The fourth-order valence-electron chi connectivity index (χ4n) is 1.18. The Hall–Kier alpha value is -1.41. The molecule has 130 valence electrons. The molecule has 1 saturated heterocycles. The van der Waals surface area contributed by atoms with E-state index in [0.29, 0.717) is 0 Å². The Balaban J connectivity index is 3.65. The van der Waals surface area contributed by atoms with Crippen molar-refractivity contribution in [3.05, 3.63) is 11.8 Å². The lowest BCUT2D eigenvalue weighted by molar-refractivity contribution is -0.559. The van der Waals surface area contributed by atoms with Gasteiger partial charge in [0.25, 0.3) is 5.83 Å². The predicted molar refractivity (Wildman–Crippen MR) is 38.0 cm³/mol. The van der Waals surface area contributed by atoms with Crippen molar-refractivity contribution in [3.8, 4) is 0 Å². The maximum Gasteiger partial charge on any atom is 0.447 e. The molecule has 1 aliphatic heterocycles. The van der Waals surface area contributed by atoms with E-state index in [0.717, 1.165) is 0 Å². The summed E-state index contributed by atoms with van der Waals surface area (Å²) in [4.78, 5) is -3.31. The fraction of sp³-hybridized carbons (Fsp3) is 0.714. The first-order valence-electron chi connectivity index (χ1n) is 4.54. The van der Waals surface area contributed by atoms with Crippen LogP contribution in [0.5, 0.6) is 0 Å². The molecule has 1 heterocycles. The number of allylic oxidation sites excluding steroid dienone is 1. The van der Waals surface area contributed by atoms with Crippen molar-refractivity contribution >= 4 is 0 Å². The molecule has 0 spiro atoms. The molecule has 22 heavy (non-hydrogen) atoms. The molecule has 2 nitrogen and oxygen atoms in total. The lowest BCUT2D eigenvalue weighted by atomic mass is 10.2. The van der Waals surface area contributed by atoms with Gasteiger partial charge in [-0.2, -0.15) is 57.1 Å². The molecule has 1 aliphatic rings. The van der Waals surface area contributed by atoms with Crippen LogP contribution in [-0.4, -0.2) is 35.4 Å². The molecule has 1 rings (SSSR count). The number of hydrogen-bond acceptors (Lipinski definition) is 2. The lowest BCUT2D eigenvalue weighted by Crippen LogP contribution is -2.73. The lowest BCUT2D eigenvalue weighted by Gasteiger charge is -2.47. The molecule has 0 amide bonds. The Morgan fingerprint density at radius 1 is 0.727 bits per heavy atom. The molecule has 0 bridgehead atoms. The Morgan fingerprint density at radius 3 is 1.32 bits per heavy atom. The monoisotopic (exact) mass is 361 g/mol. The van der Waals surface area contributed by atoms with Crippen LogP contribution in [0.1, 0.15) is 0 Å². The molecule has 0 aromatic carbocycles. The standard InChI is InChI=1S/C7F13NO/c8-1(3(10,11)12)2(9)21-4(13,14)6(17,18)22-7(19,20)5(21,15)16. The molecule has 1 fully saturated rings. The van der Waals surface area contributed by atoms with Gasteiger partial charge in [-0.1, -0.05) is 0 Å². The van der Waals surface area contributed by atoms with Gasteiger partial charge in [-0.05, 0) is 0 Å². The van der Waals surface area contributed by atoms with E-state index in [1.807, 2.05) is 4.74 Å². The Labute approximate surface area is 110 Å². The molecular formula is C7F13NO. The molecule has 0 aliphatic carbocycles. The molecule has 0 N–H and O–H groups in total. The quantitative estimate of drug-likeness (QED) is 0.508. The van der Waals surface area contributed by atoms with E-state index >= 15 is 0 Å². The number of alkyl halides is 11. The van der Waals surface area contributed by atoms with E-state index in [4.69, 9.17) is 0 Å². The average Bonchev–Trinajstić information content (AvgIpc) is 2.22. The summed E-state index contributed by atoms with van der Waals surface area (Å²) < 4.78 is 164. The second kappa shape index (κ2) is 4.55. The van der Waals surface area contributed by atoms with Crippen molar-refractivity contribution in [2.75, 3.05) is 0 Å². The van der Waals surface area contributed by atoms with E-state index in [1.54, 1.807) is 0 Å². The van der Waals surface area contributed by atoms with Crippen molar-refractivity contribution < 1.29 is 61.8 Å². The summed E-state index contributed by atoms with van der Waals surface area (Å²) in [7, 11) is 0. The van der Waals surface area contributed by atoms with E-state index in [9.17, 15) is 57.1 Å². The minimum absolute atomic E-state index is 1.84.